The first-order chi connectivity index (χ1) is 12.6. The summed E-state index contributed by atoms with van der Waals surface area (Å²) in [5, 5.41) is 2.94. The highest BCUT2D eigenvalue weighted by atomic mass is 16.5. The topological polar surface area (TPSA) is 60.0 Å². The maximum absolute atomic E-state index is 12.4. The summed E-state index contributed by atoms with van der Waals surface area (Å²) in [6.45, 7) is 3.45. The van der Waals surface area contributed by atoms with E-state index in [9.17, 15) is 4.79 Å². The number of anilines is 1. The van der Waals surface area contributed by atoms with Crippen molar-refractivity contribution >= 4 is 11.6 Å². The van der Waals surface area contributed by atoms with Crippen LogP contribution in [-0.2, 0) is 11.3 Å². The zero-order chi connectivity index (χ0) is 18.9. The van der Waals surface area contributed by atoms with Gasteiger partial charge in [0.2, 0.25) is 11.7 Å². The Balaban J connectivity index is 2.02. The molecule has 0 fully saturated rings. The van der Waals surface area contributed by atoms with Gasteiger partial charge in [-0.05, 0) is 36.8 Å². The molecule has 0 saturated carbocycles. The lowest BCUT2D eigenvalue weighted by Crippen LogP contribution is -2.36. The number of carbonyl (C=O) groups is 1. The van der Waals surface area contributed by atoms with Gasteiger partial charge in [0, 0.05) is 18.8 Å². The monoisotopic (exact) mass is 358 g/mol. The van der Waals surface area contributed by atoms with Crippen molar-refractivity contribution in [1.82, 2.24) is 5.32 Å². The molecule has 0 aliphatic heterocycles. The summed E-state index contributed by atoms with van der Waals surface area (Å²) < 4.78 is 16.0. The van der Waals surface area contributed by atoms with E-state index in [2.05, 4.69) is 5.32 Å². The highest BCUT2D eigenvalue weighted by Crippen LogP contribution is 2.38. The third kappa shape index (κ3) is 4.81. The van der Waals surface area contributed by atoms with Crippen LogP contribution in [0.15, 0.2) is 42.5 Å². The summed E-state index contributed by atoms with van der Waals surface area (Å²) >= 11 is 0. The van der Waals surface area contributed by atoms with Gasteiger partial charge in [0.05, 0.1) is 27.9 Å². The van der Waals surface area contributed by atoms with Crippen LogP contribution >= 0.6 is 0 Å². The highest BCUT2D eigenvalue weighted by Gasteiger charge is 2.14. The van der Waals surface area contributed by atoms with Crippen LogP contribution < -0.4 is 24.4 Å². The smallest absolute Gasteiger partial charge is 0.239 e. The van der Waals surface area contributed by atoms with E-state index in [4.69, 9.17) is 14.2 Å². The van der Waals surface area contributed by atoms with Gasteiger partial charge in [-0.15, -0.1) is 0 Å². The SMILES string of the molecule is CCN(CC(=O)NCc1cc(OC)c(OC)c(OC)c1)c1ccccc1. The molecule has 0 aliphatic rings. The minimum absolute atomic E-state index is 0.0514. The normalized spacial score (nSPS) is 10.2. The number of hydrogen-bond acceptors (Lipinski definition) is 5. The van der Waals surface area contributed by atoms with E-state index in [1.54, 1.807) is 21.3 Å². The third-order valence-electron chi connectivity index (χ3n) is 4.05. The van der Waals surface area contributed by atoms with Gasteiger partial charge in [0.15, 0.2) is 11.5 Å². The molecule has 0 spiro atoms. The number of likely N-dealkylation sites (N-methyl/N-ethyl adjacent to an activating group) is 1. The lowest BCUT2D eigenvalue weighted by molar-refractivity contribution is -0.119. The second-order valence-corrected chi connectivity index (χ2v) is 5.66. The van der Waals surface area contributed by atoms with Crippen LogP contribution in [0.5, 0.6) is 17.2 Å². The third-order valence-corrected chi connectivity index (χ3v) is 4.05. The average Bonchev–Trinajstić information content (AvgIpc) is 2.70. The molecular formula is C20H26N2O4. The van der Waals surface area contributed by atoms with Crippen molar-refractivity contribution in [2.45, 2.75) is 13.5 Å². The standard InChI is InChI=1S/C20H26N2O4/c1-5-22(16-9-7-6-8-10-16)14-19(23)21-13-15-11-17(24-2)20(26-4)18(12-15)25-3/h6-12H,5,13-14H2,1-4H3,(H,21,23). The number of hydrogen-bond donors (Lipinski definition) is 1. The van der Waals surface area contributed by atoms with Gasteiger partial charge in [-0.1, -0.05) is 18.2 Å². The van der Waals surface area contributed by atoms with Gasteiger partial charge >= 0.3 is 0 Å². The first kappa shape index (κ1) is 19.4. The number of para-hydroxylation sites is 1. The van der Waals surface area contributed by atoms with E-state index in [0.717, 1.165) is 17.8 Å². The number of rotatable bonds is 9. The van der Waals surface area contributed by atoms with E-state index in [1.807, 2.05) is 54.3 Å². The first-order valence-electron chi connectivity index (χ1n) is 8.48. The summed E-state index contributed by atoms with van der Waals surface area (Å²) in [6, 6.07) is 13.5. The second kappa shape index (κ2) is 9.56. The van der Waals surface area contributed by atoms with Crippen molar-refractivity contribution in [3.05, 3.63) is 48.0 Å². The fourth-order valence-corrected chi connectivity index (χ4v) is 2.69. The van der Waals surface area contributed by atoms with Gasteiger partial charge in [-0.3, -0.25) is 4.79 Å². The van der Waals surface area contributed by atoms with Crippen LogP contribution in [-0.4, -0.2) is 40.3 Å². The molecule has 0 unspecified atom stereocenters. The molecule has 2 aromatic carbocycles. The van der Waals surface area contributed by atoms with Crippen molar-refractivity contribution in [2.24, 2.45) is 0 Å². The molecule has 0 heterocycles. The van der Waals surface area contributed by atoms with Crippen molar-refractivity contribution in [3.8, 4) is 17.2 Å². The number of ether oxygens (including phenoxy) is 3. The van der Waals surface area contributed by atoms with Crippen LogP contribution in [0.1, 0.15) is 12.5 Å². The predicted molar refractivity (Wildman–Crippen MR) is 102 cm³/mol. The molecule has 0 bridgehead atoms. The maximum Gasteiger partial charge on any atom is 0.239 e. The van der Waals surface area contributed by atoms with Gasteiger partial charge in [0.1, 0.15) is 0 Å². The highest BCUT2D eigenvalue weighted by molar-refractivity contribution is 5.81. The minimum Gasteiger partial charge on any atom is -0.493 e. The molecule has 2 aromatic rings. The lowest BCUT2D eigenvalue weighted by Gasteiger charge is -2.22. The number of methoxy groups -OCH3 is 3. The van der Waals surface area contributed by atoms with Crippen molar-refractivity contribution < 1.29 is 19.0 Å². The molecule has 26 heavy (non-hydrogen) atoms. The molecular weight excluding hydrogens is 332 g/mol. The molecule has 0 saturated heterocycles. The lowest BCUT2D eigenvalue weighted by atomic mass is 10.1. The molecule has 6 nitrogen and oxygen atoms in total. The van der Waals surface area contributed by atoms with Crippen molar-refractivity contribution in [1.29, 1.82) is 0 Å². The van der Waals surface area contributed by atoms with Crippen molar-refractivity contribution in [3.63, 3.8) is 0 Å². The molecule has 0 aliphatic carbocycles. The number of benzene rings is 2. The Kier molecular flexibility index (Phi) is 7.14. The minimum atomic E-state index is -0.0514. The summed E-state index contributed by atoms with van der Waals surface area (Å²) in [4.78, 5) is 14.4. The van der Waals surface area contributed by atoms with Crippen LogP contribution in [0.25, 0.3) is 0 Å². The zero-order valence-electron chi connectivity index (χ0n) is 15.7. The summed E-state index contributed by atoms with van der Waals surface area (Å²) in [5.74, 6) is 1.61. The van der Waals surface area contributed by atoms with Gasteiger partial charge in [-0.25, -0.2) is 0 Å². The fraction of sp³-hybridized carbons (Fsp3) is 0.350. The van der Waals surface area contributed by atoms with Gasteiger partial charge in [0.25, 0.3) is 0 Å². The van der Waals surface area contributed by atoms with Crippen molar-refractivity contribution in [2.75, 3.05) is 39.3 Å². The Morgan fingerprint density at radius 3 is 2.12 bits per heavy atom. The molecule has 6 heteroatoms. The van der Waals surface area contributed by atoms with Gasteiger partial charge in [-0.2, -0.15) is 0 Å². The zero-order valence-corrected chi connectivity index (χ0v) is 15.7. The van der Waals surface area contributed by atoms with Crippen LogP contribution in [0.2, 0.25) is 0 Å². The van der Waals surface area contributed by atoms with E-state index in [-0.39, 0.29) is 5.91 Å². The van der Waals surface area contributed by atoms with E-state index in [1.165, 1.54) is 0 Å². The van der Waals surface area contributed by atoms with Crippen LogP contribution in [0, 0.1) is 0 Å². The second-order valence-electron chi connectivity index (χ2n) is 5.66. The molecule has 1 amide bonds. The summed E-state index contributed by atoms with van der Waals surface area (Å²) in [5.41, 5.74) is 1.90. The number of amides is 1. The Morgan fingerprint density at radius 2 is 1.62 bits per heavy atom. The Hall–Kier alpha value is -2.89. The van der Waals surface area contributed by atoms with E-state index >= 15 is 0 Å². The summed E-state index contributed by atoms with van der Waals surface area (Å²) in [6.07, 6.45) is 0. The molecule has 0 atom stereocenters. The molecule has 0 aromatic heterocycles. The van der Waals surface area contributed by atoms with E-state index < -0.39 is 0 Å². The average molecular weight is 358 g/mol. The molecule has 2 rings (SSSR count). The Bertz CT molecular complexity index is 694. The summed E-state index contributed by atoms with van der Waals surface area (Å²) in [7, 11) is 4.70. The largest absolute Gasteiger partial charge is 0.493 e. The molecule has 1 N–H and O–H groups in total. The maximum atomic E-state index is 12.4. The Morgan fingerprint density at radius 1 is 1.00 bits per heavy atom. The van der Waals surface area contributed by atoms with Crippen LogP contribution in [0.3, 0.4) is 0 Å². The predicted octanol–water partition coefficient (Wildman–Crippen LogP) is 2.86. The fourth-order valence-electron chi connectivity index (χ4n) is 2.69. The number of carbonyl (C=O) groups excluding carboxylic acids is 1. The quantitative estimate of drug-likeness (QED) is 0.747. The Labute approximate surface area is 154 Å². The first-order valence-corrected chi connectivity index (χ1v) is 8.48. The molecule has 140 valence electrons. The molecule has 0 radical (unpaired) electrons. The van der Waals surface area contributed by atoms with Gasteiger partial charge < -0.3 is 24.4 Å². The van der Waals surface area contributed by atoms with Crippen LogP contribution in [0.4, 0.5) is 5.69 Å². The number of nitrogens with zero attached hydrogens (tertiary/aromatic N) is 1. The van der Waals surface area contributed by atoms with E-state index in [0.29, 0.717) is 30.3 Å². The number of nitrogens with one attached hydrogen (secondary N) is 1.